The minimum atomic E-state index is -4.37. The molecule has 0 spiro atoms. The summed E-state index contributed by atoms with van der Waals surface area (Å²) in [6.45, 7) is -9.95. The summed E-state index contributed by atoms with van der Waals surface area (Å²) >= 11 is 8.13. The predicted octanol–water partition coefficient (Wildman–Crippen LogP) is 4.47. The molecule has 0 aliphatic carbocycles. The van der Waals surface area contributed by atoms with Crippen LogP contribution in [0.2, 0.25) is 0 Å². The second kappa shape index (κ2) is 12.7. The molecule has 9 rings (SSSR count). The first kappa shape index (κ1) is 32.8. The number of hydrogen-bond donors (Lipinski definition) is 2. The zero-order valence-corrected chi connectivity index (χ0v) is 28.3. The van der Waals surface area contributed by atoms with E-state index in [1.54, 1.807) is 0 Å². The molecule has 0 aromatic carbocycles. The van der Waals surface area contributed by atoms with Crippen LogP contribution in [-0.2, 0) is 49.5 Å². The number of rotatable bonds is 0. The number of hydrogen-bond acceptors (Lipinski definition) is 14. The Hall–Kier alpha value is -2.38. The molecule has 4 aromatic heterocycles. The van der Waals surface area contributed by atoms with Gasteiger partial charge in [-0.05, 0) is 25.7 Å². The number of alkyl halides is 2. The van der Waals surface area contributed by atoms with Gasteiger partial charge < -0.3 is 9.47 Å². The molecule has 10 atom stereocenters. The third-order valence-electron chi connectivity index (χ3n) is 8.53. The van der Waals surface area contributed by atoms with E-state index in [-0.39, 0.29) is 0 Å². The van der Waals surface area contributed by atoms with Gasteiger partial charge in [0.1, 0.15) is 48.1 Å². The summed E-state index contributed by atoms with van der Waals surface area (Å²) in [5, 5.41) is 0. The molecule has 0 radical (unpaired) electrons. The number of aryl methyl sites for hydroxylation is 2. The van der Waals surface area contributed by atoms with E-state index in [1.165, 1.54) is 34.4 Å². The lowest BCUT2D eigenvalue weighted by Gasteiger charge is -2.28. The molecule has 4 aromatic rings. The normalized spacial score (nSPS) is 38.3. The van der Waals surface area contributed by atoms with Gasteiger partial charge in [-0.2, -0.15) is 0 Å². The molecule has 0 amide bonds. The van der Waals surface area contributed by atoms with Crippen molar-refractivity contribution in [1.29, 1.82) is 0 Å². The number of allylic oxidation sites excluding steroid dienone is 2. The molecule has 256 valence electrons. The Labute approximate surface area is 281 Å². The highest BCUT2D eigenvalue weighted by atomic mass is 32.7. The summed E-state index contributed by atoms with van der Waals surface area (Å²) in [7, 11) is 0. The second-order valence-corrected chi connectivity index (χ2v) is 17.3. The van der Waals surface area contributed by atoms with Gasteiger partial charge in [-0.1, -0.05) is 36.6 Å². The SMILES string of the molecule is O=[P@@]1(S)OCC2O[C@@H]3[C@H](F)[C@@H]2O[P@](=O)(S)OCC2O[C@H]([C@H](F)[C@@H]2O1)n1cnc2c(ncnc21)CC/C=C/CCc1ncnc2c1ncn23. The van der Waals surface area contributed by atoms with Crippen molar-refractivity contribution in [2.75, 3.05) is 13.2 Å². The fraction of sp³-hybridized carbons (Fsp3) is 0.538. The highest BCUT2D eigenvalue weighted by Crippen LogP contribution is 2.60. The maximum Gasteiger partial charge on any atom is 0.386 e. The van der Waals surface area contributed by atoms with Crippen LogP contribution in [0.1, 0.15) is 36.7 Å². The molecular weight excluding hydrogens is 716 g/mol. The van der Waals surface area contributed by atoms with Gasteiger partial charge in [0.15, 0.2) is 36.1 Å². The average Bonchev–Trinajstić information content (AvgIpc) is 3.81. The van der Waals surface area contributed by atoms with Crippen molar-refractivity contribution in [2.24, 2.45) is 0 Å². The van der Waals surface area contributed by atoms with Crippen molar-refractivity contribution in [1.82, 2.24) is 39.0 Å². The number of nitrogens with zero attached hydrogens (tertiary/aromatic N) is 8. The molecule has 2 unspecified atom stereocenters. The van der Waals surface area contributed by atoms with E-state index in [1.807, 2.05) is 12.2 Å². The summed E-state index contributed by atoms with van der Waals surface area (Å²) in [5.41, 5.74) is 2.75. The fourth-order valence-electron chi connectivity index (χ4n) is 6.27. The van der Waals surface area contributed by atoms with E-state index >= 15 is 8.78 Å². The van der Waals surface area contributed by atoms with Gasteiger partial charge in [-0.25, -0.2) is 47.8 Å². The minimum absolute atomic E-state index is 0.290. The summed E-state index contributed by atoms with van der Waals surface area (Å²) < 4.78 is 96.3. The van der Waals surface area contributed by atoms with Crippen molar-refractivity contribution in [2.45, 2.75) is 74.9 Å². The quantitative estimate of drug-likeness (QED) is 0.147. The Bertz CT molecular complexity index is 1850. The summed E-state index contributed by atoms with van der Waals surface area (Å²) in [6.07, 6.45) is -0.789. The lowest BCUT2D eigenvalue weighted by molar-refractivity contribution is -0.0544. The molecule has 3 fully saturated rings. The average molecular weight is 745 g/mol. The van der Waals surface area contributed by atoms with Crippen molar-refractivity contribution < 1.29 is 45.5 Å². The van der Waals surface area contributed by atoms with Crippen molar-refractivity contribution in [3.8, 4) is 0 Å². The molecule has 3 saturated heterocycles. The molecule has 22 heteroatoms. The number of fused-ring (bicyclic) bond motifs is 10. The molecule has 5 aliphatic rings. The van der Waals surface area contributed by atoms with E-state index < -0.39 is 76.0 Å². The Morgan fingerprint density at radius 1 is 0.688 bits per heavy atom. The van der Waals surface area contributed by atoms with Gasteiger partial charge >= 0.3 is 13.6 Å². The van der Waals surface area contributed by atoms with Crippen LogP contribution in [0.15, 0.2) is 37.5 Å². The van der Waals surface area contributed by atoms with Crippen LogP contribution in [-0.4, -0.2) is 89.0 Å². The van der Waals surface area contributed by atoms with Crippen LogP contribution in [0.25, 0.3) is 22.3 Å². The smallest absolute Gasteiger partial charge is 0.346 e. The Balaban J connectivity index is 1.21. The number of imidazole rings is 2. The van der Waals surface area contributed by atoms with Gasteiger partial charge in [0.2, 0.25) is 0 Å². The van der Waals surface area contributed by atoms with Crippen LogP contribution < -0.4 is 0 Å². The number of ether oxygens (including phenoxy) is 2. The van der Waals surface area contributed by atoms with Crippen molar-refractivity contribution >= 4 is 60.4 Å². The first-order valence-corrected chi connectivity index (χ1v) is 20.4. The van der Waals surface area contributed by atoms with E-state index in [0.717, 1.165) is 0 Å². The summed E-state index contributed by atoms with van der Waals surface area (Å²) in [4.78, 5) is 26.2. The van der Waals surface area contributed by atoms with Crippen LogP contribution >= 0.6 is 38.1 Å². The third-order valence-corrected chi connectivity index (χ3v) is 11.8. The highest BCUT2D eigenvalue weighted by Gasteiger charge is 2.54. The molecule has 14 bridgehead atoms. The molecule has 5 aliphatic heterocycles. The molecule has 16 nitrogen and oxygen atoms in total. The molecule has 0 saturated carbocycles. The Morgan fingerprint density at radius 3 is 1.56 bits per heavy atom. The van der Waals surface area contributed by atoms with Gasteiger partial charge in [0, 0.05) is 0 Å². The van der Waals surface area contributed by atoms with Crippen LogP contribution in [0.4, 0.5) is 8.78 Å². The van der Waals surface area contributed by atoms with E-state index in [4.69, 9.17) is 27.6 Å². The first-order valence-electron chi connectivity index (χ1n) is 15.0. The first-order chi connectivity index (χ1) is 23.1. The largest absolute Gasteiger partial charge is 0.386 e. The zero-order chi connectivity index (χ0) is 33.2. The fourth-order valence-corrected chi connectivity index (χ4v) is 9.24. The van der Waals surface area contributed by atoms with Crippen LogP contribution in [0.3, 0.4) is 0 Å². The highest BCUT2D eigenvalue weighted by molar-refractivity contribution is 8.44. The lowest BCUT2D eigenvalue weighted by Crippen LogP contribution is -2.36. The van der Waals surface area contributed by atoms with Crippen LogP contribution in [0, 0.1) is 0 Å². The molecule has 0 N–H and O–H groups in total. The Morgan fingerprint density at radius 2 is 1.12 bits per heavy atom. The maximum absolute atomic E-state index is 16.2. The van der Waals surface area contributed by atoms with Gasteiger partial charge in [-0.15, -0.1) is 0 Å². The van der Waals surface area contributed by atoms with Crippen molar-refractivity contribution in [3.63, 3.8) is 0 Å². The minimum Gasteiger partial charge on any atom is -0.346 e. The monoisotopic (exact) mass is 744 g/mol. The third kappa shape index (κ3) is 6.03. The maximum atomic E-state index is 16.2. The van der Waals surface area contributed by atoms with Crippen molar-refractivity contribution in [3.05, 3.63) is 48.8 Å². The number of halogens is 2. The van der Waals surface area contributed by atoms with Crippen LogP contribution in [0.5, 0.6) is 0 Å². The van der Waals surface area contributed by atoms with Gasteiger partial charge in [0.05, 0.1) is 37.3 Å². The number of aromatic nitrogens is 8. The Kier molecular flexibility index (Phi) is 8.71. The van der Waals surface area contributed by atoms with E-state index in [9.17, 15) is 9.13 Å². The topological polar surface area (TPSA) is 177 Å². The summed E-state index contributed by atoms with van der Waals surface area (Å²) in [5.74, 6) is 0. The van der Waals surface area contributed by atoms with E-state index in [0.29, 0.717) is 59.4 Å². The second-order valence-electron chi connectivity index (χ2n) is 11.5. The standard InChI is InChI=1S/C26H28F2N8O8P2S2/c27-17-21-15-7-39-46(38,48)44-22-16(8-40-45(37,47)43-21)42-26(18(22)28)36-12-34-20-14(30-10-32-24(20)36)6-4-2-1-3-5-13-19-23(31-9-29-13)35(11-33-19)25(17)41-15/h1-2,9-12,15-18,21-22,25-26H,3-8H2,(H,37,47)(H,38,48)/b2-1+/t15?,16?,17-,18-,21-,22-,25-,26-,45-,46-/m1/s1. The molecule has 48 heavy (non-hydrogen) atoms. The molecular formula is C26H28F2N8O8P2S2. The van der Waals surface area contributed by atoms with Gasteiger partial charge in [0.25, 0.3) is 0 Å². The number of thiol groups is 2. The predicted molar refractivity (Wildman–Crippen MR) is 169 cm³/mol. The zero-order valence-electron chi connectivity index (χ0n) is 24.7. The summed E-state index contributed by atoms with van der Waals surface area (Å²) in [6, 6.07) is 0. The lowest BCUT2D eigenvalue weighted by atomic mass is 10.1. The molecule has 9 heterocycles. The van der Waals surface area contributed by atoms with E-state index in [2.05, 4.69) is 54.4 Å². The van der Waals surface area contributed by atoms with Gasteiger partial charge in [-0.3, -0.25) is 27.2 Å².